The first-order valence-corrected chi connectivity index (χ1v) is 7.26. The van der Waals surface area contributed by atoms with Crippen LogP contribution in [0.15, 0.2) is 42.5 Å². The van der Waals surface area contributed by atoms with Crippen LogP contribution in [0.25, 0.3) is 0 Å². The van der Waals surface area contributed by atoms with Gasteiger partial charge in [0.25, 0.3) is 5.91 Å². The van der Waals surface area contributed by atoms with Crippen molar-refractivity contribution in [1.29, 1.82) is 0 Å². The molecular formula is C15H12Cl2N2OS. The fraction of sp³-hybridized carbons (Fsp3) is 0.0667. The third-order valence-electron chi connectivity index (χ3n) is 2.74. The van der Waals surface area contributed by atoms with Crippen LogP contribution in [-0.2, 0) is 0 Å². The molecule has 0 bridgehead atoms. The second-order valence-corrected chi connectivity index (χ2v) is 5.66. The van der Waals surface area contributed by atoms with E-state index >= 15 is 0 Å². The molecule has 0 fully saturated rings. The lowest BCUT2D eigenvalue weighted by molar-refractivity contribution is 0.0977. The van der Waals surface area contributed by atoms with Gasteiger partial charge in [-0.05, 0) is 49.0 Å². The first-order chi connectivity index (χ1) is 9.95. The normalized spacial score (nSPS) is 10.0. The van der Waals surface area contributed by atoms with E-state index in [9.17, 15) is 4.79 Å². The lowest BCUT2D eigenvalue weighted by Gasteiger charge is -2.11. The summed E-state index contributed by atoms with van der Waals surface area (Å²) in [6.45, 7) is 1.86. The fourth-order valence-corrected chi connectivity index (χ4v) is 2.52. The number of rotatable bonds is 2. The number of aryl methyl sites for hydroxylation is 1. The molecule has 6 heteroatoms. The van der Waals surface area contributed by atoms with E-state index < -0.39 is 0 Å². The molecule has 0 aliphatic carbocycles. The minimum absolute atomic E-state index is 0.182. The Labute approximate surface area is 138 Å². The summed E-state index contributed by atoms with van der Waals surface area (Å²) in [5, 5.41) is 6.64. The Hall–Kier alpha value is -1.62. The second kappa shape index (κ2) is 6.89. The maximum Gasteiger partial charge on any atom is 0.257 e. The van der Waals surface area contributed by atoms with Gasteiger partial charge in [0.1, 0.15) is 0 Å². The summed E-state index contributed by atoms with van der Waals surface area (Å²) >= 11 is 16.9. The molecular weight excluding hydrogens is 327 g/mol. The average Bonchev–Trinajstić information content (AvgIpc) is 2.37. The molecule has 21 heavy (non-hydrogen) atoms. The van der Waals surface area contributed by atoms with Gasteiger partial charge < -0.3 is 5.32 Å². The first-order valence-electron chi connectivity index (χ1n) is 6.10. The summed E-state index contributed by atoms with van der Waals surface area (Å²) in [6, 6.07) is 12.2. The van der Waals surface area contributed by atoms with Gasteiger partial charge in [-0.2, -0.15) is 0 Å². The molecule has 0 saturated heterocycles. The Morgan fingerprint density at radius 2 is 1.71 bits per heavy atom. The molecule has 0 saturated carbocycles. The third-order valence-corrected chi connectivity index (χ3v) is 3.38. The van der Waals surface area contributed by atoms with Crippen molar-refractivity contribution in [2.24, 2.45) is 0 Å². The predicted molar refractivity (Wildman–Crippen MR) is 91.3 cm³/mol. The molecule has 0 unspecified atom stereocenters. The molecule has 108 valence electrons. The van der Waals surface area contributed by atoms with Crippen molar-refractivity contribution >= 4 is 52.1 Å². The zero-order valence-corrected chi connectivity index (χ0v) is 13.4. The Bertz CT molecular complexity index is 684. The zero-order chi connectivity index (χ0) is 15.4. The lowest BCUT2D eigenvalue weighted by Crippen LogP contribution is -2.34. The minimum atomic E-state index is -0.265. The summed E-state index contributed by atoms with van der Waals surface area (Å²) < 4.78 is 0. The van der Waals surface area contributed by atoms with Crippen molar-refractivity contribution in [3.05, 3.63) is 63.6 Å². The zero-order valence-electron chi connectivity index (χ0n) is 11.1. The van der Waals surface area contributed by atoms with Crippen LogP contribution in [0, 0.1) is 6.92 Å². The molecule has 2 rings (SSSR count). The third kappa shape index (κ3) is 4.43. The number of hydrogen-bond acceptors (Lipinski definition) is 2. The maximum absolute atomic E-state index is 12.1. The van der Waals surface area contributed by atoms with Gasteiger partial charge in [-0.25, -0.2) is 0 Å². The maximum atomic E-state index is 12.1. The summed E-state index contributed by atoms with van der Waals surface area (Å²) in [6.07, 6.45) is 0. The highest BCUT2D eigenvalue weighted by Crippen LogP contribution is 2.22. The predicted octanol–water partition coefficient (Wildman–Crippen LogP) is 4.43. The number of anilines is 1. The van der Waals surface area contributed by atoms with Gasteiger partial charge in [-0.15, -0.1) is 0 Å². The number of halogens is 2. The number of carbonyl (C=O) groups is 1. The molecule has 2 aromatic rings. The van der Waals surface area contributed by atoms with Crippen molar-refractivity contribution in [1.82, 2.24) is 5.32 Å². The van der Waals surface area contributed by atoms with Gasteiger partial charge in [0, 0.05) is 21.3 Å². The van der Waals surface area contributed by atoms with E-state index in [4.69, 9.17) is 35.4 Å². The molecule has 0 heterocycles. The number of amides is 1. The van der Waals surface area contributed by atoms with Gasteiger partial charge in [0.15, 0.2) is 5.11 Å². The molecule has 2 aromatic carbocycles. The summed E-state index contributed by atoms with van der Waals surface area (Å²) in [5.41, 5.74) is 2.07. The Kier molecular flexibility index (Phi) is 5.17. The Balaban J connectivity index is 2.05. The van der Waals surface area contributed by atoms with Crippen LogP contribution in [0.3, 0.4) is 0 Å². The fourth-order valence-electron chi connectivity index (χ4n) is 1.79. The minimum Gasteiger partial charge on any atom is -0.332 e. The monoisotopic (exact) mass is 338 g/mol. The average molecular weight is 339 g/mol. The Morgan fingerprint density at radius 1 is 1.10 bits per heavy atom. The van der Waals surface area contributed by atoms with E-state index in [0.717, 1.165) is 5.56 Å². The topological polar surface area (TPSA) is 41.1 Å². The molecule has 0 spiro atoms. The van der Waals surface area contributed by atoms with Gasteiger partial charge in [0.2, 0.25) is 0 Å². The summed E-state index contributed by atoms with van der Waals surface area (Å²) in [7, 11) is 0. The van der Waals surface area contributed by atoms with Crippen molar-refractivity contribution in [2.45, 2.75) is 6.92 Å². The van der Waals surface area contributed by atoms with Gasteiger partial charge in [-0.1, -0.05) is 41.4 Å². The first kappa shape index (κ1) is 15.8. The van der Waals surface area contributed by atoms with Crippen molar-refractivity contribution in [2.75, 3.05) is 5.32 Å². The highest BCUT2D eigenvalue weighted by molar-refractivity contribution is 7.80. The number of hydrogen-bond donors (Lipinski definition) is 2. The van der Waals surface area contributed by atoms with Crippen molar-refractivity contribution in [3.8, 4) is 0 Å². The smallest absolute Gasteiger partial charge is 0.257 e. The molecule has 0 aliphatic heterocycles. The van der Waals surface area contributed by atoms with E-state index in [-0.39, 0.29) is 11.0 Å². The highest BCUT2D eigenvalue weighted by Gasteiger charge is 2.10. The highest BCUT2D eigenvalue weighted by atomic mass is 35.5. The molecule has 1 amide bonds. The summed E-state index contributed by atoms with van der Waals surface area (Å²) in [4.78, 5) is 12.1. The van der Waals surface area contributed by atoms with Gasteiger partial charge >= 0.3 is 0 Å². The molecule has 0 aliphatic rings. The van der Waals surface area contributed by atoms with Crippen LogP contribution in [0.1, 0.15) is 15.9 Å². The SMILES string of the molecule is Cc1ccccc1C(=O)NC(=S)Nc1cc(Cl)cc(Cl)c1. The molecule has 0 radical (unpaired) electrons. The van der Waals surface area contributed by atoms with Crippen LogP contribution in [0.4, 0.5) is 5.69 Å². The number of carbonyl (C=O) groups excluding carboxylic acids is 1. The van der Waals surface area contributed by atoms with E-state index in [2.05, 4.69) is 10.6 Å². The van der Waals surface area contributed by atoms with Crippen molar-refractivity contribution < 1.29 is 4.79 Å². The number of benzene rings is 2. The second-order valence-electron chi connectivity index (χ2n) is 4.38. The van der Waals surface area contributed by atoms with E-state index in [1.807, 2.05) is 19.1 Å². The van der Waals surface area contributed by atoms with Crippen LogP contribution in [0.5, 0.6) is 0 Å². The number of nitrogens with one attached hydrogen (secondary N) is 2. The van der Waals surface area contributed by atoms with Crippen LogP contribution >= 0.6 is 35.4 Å². The quantitative estimate of drug-likeness (QED) is 0.796. The molecule has 2 N–H and O–H groups in total. The van der Waals surface area contributed by atoms with Gasteiger partial charge in [0.05, 0.1) is 0 Å². The van der Waals surface area contributed by atoms with Crippen LogP contribution in [-0.4, -0.2) is 11.0 Å². The lowest BCUT2D eigenvalue weighted by atomic mass is 10.1. The number of thiocarbonyl (C=S) groups is 1. The van der Waals surface area contributed by atoms with E-state index in [1.165, 1.54) is 0 Å². The molecule has 3 nitrogen and oxygen atoms in total. The largest absolute Gasteiger partial charge is 0.332 e. The van der Waals surface area contributed by atoms with Crippen molar-refractivity contribution in [3.63, 3.8) is 0 Å². The van der Waals surface area contributed by atoms with Crippen LogP contribution < -0.4 is 10.6 Å². The Morgan fingerprint density at radius 3 is 2.33 bits per heavy atom. The molecule has 0 aromatic heterocycles. The summed E-state index contributed by atoms with van der Waals surface area (Å²) in [5.74, 6) is -0.265. The molecule has 0 atom stereocenters. The van der Waals surface area contributed by atoms with Gasteiger partial charge in [-0.3, -0.25) is 10.1 Å². The van der Waals surface area contributed by atoms with Crippen LogP contribution in [0.2, 0.25) is 10.0 Å². The van der Waals surface area contributed by atoms with E-state index in [1.54, 1.807) is 30.3 Å². The standard InChI is InChI=1S/C15H12Cl2N2OS/c1-9-4-2-3-5-13(9)14(20)19-15(21)18-12-7-10(16)6-11(17)8-12/h2-8H,1H3,(H2,18,19,20,21). The van der Waals surface area contributed by atoms with E-state index in [0.29, 0.717) is 21.3 Å².